The number of nitrogens with zero attached hydrogens (tertiary/aromatic N) is 6. The molecule has 5 rings (SSSR count). The number of amides is 1. The third kappa shape index (κ3) is 3.67. The predicted molar refractivity (Wildman–Crippen MR) is 123 cm³/mol. The summed E-state index contributed by atoms with van der Waals surface area (Å²) in [6, 6.07) is 6.38. The summed E-state index contributed by atoms with van der Waals surface area (Å²) in [5, 5.41) is 0.614. The first kappa shape index (κ1) is 21.3. The van der Waals surface area contributed by atoms with Crippen LogP contribution in [-0.2, 0) is 17.9 Å². The third-order valence-corrected chi connectivity index (χ3v) is 5.62. The standard InChI is InChI=1S/C24H20FN7O2/c1-3-4-19(33)31-9-10-32-17(12-31)20(21-22(26)28-13-29-23(21)32)15-5-6-18(16(25)11-15)34-24-27-8-7-14(2)30-24/h5-8,11,13H,9-10,12H2,1-2H3,(H2,26,28,29). The molecule has 0 aliphatic carbocycles. The Kier molecular flexibility index (Phi) is 5.30. The van der Waals surface area contributed by atoms with Crippen molar-refractivity contribution in [1.82, 2.24) is 29.4 Å². The van der Waals surface area contributed by atoms with Gasteiger partial charge in [-0.1, -0.05) is 12.0 Å². The van der Waals surface area contributed by atoms with Crippen molar-refractivity contribution in [3.8, 4) is 34.7 Å². The number of aryl methyl sites for hydroxylation is 1. The Bertz CT molecular complexity index is 1500. The van der Waals surface area contributed by atoms with E-state index in [0.717, 1.165) is 5.69 Å². The fraction of sp³-hybridized carbons (Fsp3) is 0.208. The molecule has 0 saturated heterocycles. The predicted octanol–water partition coefficient (Wildman–Crippen LogP) is 3.08. The Balaban J connectivity index is 1.61. The third-order valence-electron chi connectivity index (χ3n) is 5.62. The summed E-state index contributed by atoms with van der Waals surface area (Å²) in [7, 11) is 0. The van der Waals surface area contributed by atoms with Crippen molar-refractivity contribution < 1.29 is 13.9 Å². The average Bonchev–Trinajstić information content (AvgIpc) is 3.16. The molecule has 2 N–H and O–H groups in total. The molecule has 1 aromatic carbocycles. The van der Waals surface area contributed by atoms with Crippen LogP contribution in [0.3, 0.4) is 0 Å². The van der Waals surface area contributed by atoms with Crippen LogP contribution in [0.2, 0.25) is 0 Å². The highest BCUT2D eigenvalue weighted by atomic mass is 19.1. The molecule has 3 aromatic heterocycles. The van der Waals surface area contributed by atoms with E-state index < -0.39 is 5.82 Å². The summed E-state index contributed by atoms with van der Waals surface area (Å²) in [5.41, 5.74) is 9.60. The lowest BCUT2D eigenvalue weighted by atomic mass is 10.0. The van der Waals surface area contributed by atoms with E-state index in [0.29, 0.717) is 40.9 Å². The summed E-state index contributed by atoms with van der Waals surface area (Å²) in [6.07, 6.45) is 2.94. The van der Waals surface area contributed by atoms with Gasteiger partial charge in [0.05, 0.1) is 11.9 Å². The summed E-state index contributed by atoms with van der Waals surface area (Å²) in [4.78, 5) is 30.8. The maximum Gasteiger partial charge on any atom is 0.322 e. The number of aromatic nitrogens is 5. The molecule has 4 aromatic rings. The van der Waals surface area contributed by atoms with Crippen LogP contribution in [0.25, 0.3) is 22.2 Å². The number of nitrogen functional groups attached to an aromatic ring is 1. The second-order valence-electron chi connectivity index (χ2n) is 7.76. The van der Waals surface area contributed by atoms with Crippen LogP contribution < -0.4 is 10.5 Å². The fourth-order valence-electron chi connectivity index (χ4n) is 4.11. The zero-order valence-electron chi connectivity index (χ0n) is 18.5. The number of anilines is 1. The molecule has 0 saturated carbocycles. The molecule has 0 unspecified atom stereocenters. The van der Waals surface area contributed by atoms with Crippen LogP contribution in [0, 0.1) is 24.6 Å². The van der Waals surface area contributed by atoms with Crippen LogP contribution >= 0.6 is 0 Å². The zero-order chi connectivity index (χ0) is 23.8. The first-order valence-corrected chi connectivity index (χ1v) is 10.6. The fourth-order valence-corrected chi connectivity index (χ4v) is 4.11. The molecule has 170 valence electrons. The molecule has 4 heterocycles. The number of carbonyl (C=O) groups excluding carboxylic acids is 1. The highest BCUT2D eigenvalue weighted by molar-refractivity contribution is 6.03. The van der Waals surface area contributed by atoms with Crippen molar-refractivity contribution in [3.63, 3.8) is 0 Å². The topological polar surface area (TPSA) is 112 Å². The van der Waals surface area contributed by atoms with E-state index in [1.165, 1.54) is 18.5 Å². The number of nitrogens with two attached hydrogens (primary N) is 1. The van der Waals surface area contributed by atoms with Crippen molar-refractivity contribution in [3.05, 3.63) is 54.0 Å². The van der Waals surface area contributed by atoms with Gasteiger partial charge in [0.1, 0.15) is 17.8 Å². The van der Waals surface area contributed by atoms with Crippen molar-refractivity contribution in [2.45, 2.75) is 26.9 Å². The molecule has 10 heteroatoms. The van der Waals surface area contributed by atoms with Gasteiger partial charge in [-0.25, -0.2) is 24.3 Å². The molecular formula is C24H20FN7O2. The molecule has 0 atom stereocenters. The largest absolute Gasteiger partial charge is 0.421 e. The zero-order valence-corrected chi connectivity index (χ0v) is 18.5. The smallest absolute Gasteiger partial charge is 0.322 e. The van der Waals surface area contributed by atoms with Crippen molar-refractivity contribution in [1.29, 1.82) is 0 Å². The van der Waals surface area contributed by atoms with Crippen LogP contribution in [-0.4, -0.2) is 41.9 Å². The average molecular weight is 457 g/mol. The molecule has 0 bridgehead atoms. The maximum absolute atomic E-state index is 15.1. The van der Waals surface area contributed by atoms with Gasteiger partial charge in [-0.15, -0.1) is 0 Å². The normalized spacial score (nSPS) is 12.7. The van der Waals surface area contributed by atoms with Gasteiger partial charge in [-0.05, 0) is 43.5 Å². The Labute approximate surface area is 194 Å². The van der Waals surface area contributed by atoms with Gasteiger partial charge in [-0.2, -0.15) is 0 Å². The second-order valence-corrected chi connectivity index (χ2v) is 7.76. The van der Waals surface area contributed by atoms with E-state index >= 15 is 4.39 Å². The summed E-state index contributed by atoms with van der Waals surface area (Å²) in [6.45, 7) is 4.69. The quantitative estimate of drug-likeness (QED) is 0.471. The van der Waals surface area contributed by atoms with Crippen molar-refractivity contribution in [2.75, 3.05) is 12.3 Å². The molecule has 0 spiro atoms. The van der Waals surface area contributed by atoms with E-state index in [1.54, 1.807) is 37.1 Å². The minimum atomic E-state index is -0.591. The molecule has 9 nitrogen and oxygen atoms in total. The first-order chi connectivity index (χ1) is 16.5. The Morgan fingerprint density at radius 3 is 2.82 bits per heavy atom. The summed E-state index contributed by atoms with van der Waals surface area (Å²) in [5.74, 6) is 4.64. The number of hydrogen-bond donors (Lipinski definition) is 1. The maximum atomic E-state index is 15.1. The van der Waals surface area contributed by atoms with Crippen LogP contribution in [0.4, 0.5) is 10.2 Å². The van der Waals surface area contributed by atoms with E-state index in [9.17, 15) is 4.79 Å². The van der Waals surface area contributed by atoms with Gasteiger partial charge in [0, 0.05) is 36.2 Å². The highest BCUT2D eigenvalue weighted by Gasteiger charge is 2.29. The number of hydrogen-bond acceptors (Lipinski definition) is 7. The van der Waals surface area contributed by atoms with E-state index in [-0.39, 0.29) is 30.0 Å². The Morgan fingerprint density at radius 2 is 2.06 bits per heavy atom. The lowest BCUT2D eigenvalue weighted by Gasteiger charge is -2.28. The molecule has 0 fully saturated rings. The lowest BCUT2D eigenvalue weighted by molar-refractivity contribution is -0.126. The molecule has 1 aliphatic heterocycles. The number of halogens is 1. The molecular weight excluding hydrogens is 437 g/mol. The van der Waals surface area contributed by atoms with E-state index in [2.05, 4.69) is 31.8 Å². The number of carbonyl (C=O) groups is 1. The minimum Gasteiger partial charge on any atom is -0.421 e. The first-order valence-electron chi connectivity index (χ1n) is 10.6. The number of rotatable bonds is 3. The van der Waals surface area contributed by atoms with Gasteiger partial charge in [0.15, 0.2) is 11.6 Å². The van der Waals surface area contributed by atoms with E-state index in [4.69, 9.17) is 10.5 Å². The Hall–Kier alpha value is -4.52. The highest BCUT2D eigenvalue weighted by Crippen LogP contribution is 2.40. The van der Waals surface area contributed by atoms with Gasteiger partial charge in [-0.3, -0.25) is 4.79 Å². The van der Waals surface area contributed by atoms with Crippen LogP contribution in [0.1, 0.15) is 18.3 Å². The number of fused-ring (bicyclic) bond motifs is 3. The second kappa shape index (κ2) is 8.44. The van der Waals surface area contributed by atoms with Gasteiger partial charge >= 0.3 is 6.01 Å². The van der Waals surface area contributed by atoms with Gasteiger partial charge in [0.2, 0.25) is 0 Å². The molecule has 1 amide bonds. The SMILES string of the molecule is CC#CC(=O)N1CCn2c(c(-c3ccc(Oc4nccc(C)n4)c(F)c3)c3c(N)ncnc32)C1. The van der Waals surface area contributed by atoms with E-state index in [1.807, 2.05) is 4.57 Å². The Morgan fingerprint density at radius 1 is 1.21 bits per heavy atom. The molecule has 34 heavy (non-hydrogen) atoms. The van der Waals surface area contributed by atoms with Crippen LogP contribution in [0.15, 0.2) is 36.8 Å². The molecule has 1 aliphatic rings. The lowest BCUT2D eigenvalue weighted by Crippen LogP contribution is -2.37. The summed E-state index contributed by atoms with van der Waals surface area (Å²) >= 11 is 0. The number of ether oxygens (including phenoxy) is 1. The van der Waals surface area contributed by atoms with Crippen molar-refractivity contribution >= 4 is 22.8 Å². The number of benzene rings is 1. The van der Waals surface area contributed by atoms with Crippen molar-refractivity contribution in [2.24, 2.45) is 0 Å². The monoisotopic (exact) mass is 457 g/mol. The minimum absolute atomic E-state index is 0.00835. The summed E-state index contributed by atoms with van der Waals surface area (Å²) < 4.78 is 22.7. The van der Waals surface area contributed by atoms with Crippen LogP contribution in [0.5, 0.6) is 11.8 Å². The molecule has 0 radical (unpaired) electrons. The van der Waals surface area contributed by atoms with Gasteiger partial charge in [0.25, 0.3) is 5.91 Å². The van der Waals surface area contributed by atoms with Gasteiger partial charge < -0.3 is 19.9 Å².